The number of nitrogens with one attached hydrogen (secondary N) is 2. The molecular formula is C14H16N2O3. The number of anilines is 1. The monoisotopic (exact) mass is 260 g/mol. The van der Waals surface area contributed by atoms with E-state index < -0.39 is 11.4 Å². The molecule has 0 atom stereocenters. The number of H-pyrrole nitrogens is 1. The Balaban J connectivity index is 1.86. The molecule has 1 saturated heterocycles. The predicted octanol–water partition coefficient (Wildman–Crippen LogP) is 1.99. The van der Waals surface area contributed by atoms with E-state index in [0.29, 0.717) is 6.54 Å². The van der Waals surface area contributed by atoms with Crippen molar-refractivity contribution in [3.05, 3.63) is 30.0 Å². The van der Waals surface area contributed by atoms with Gasteiger partial charge in [-0.15, -0.1) is 0 Å². The third kappa shape index (κ3) is 1.86. The largest absolute Gasteiger partial charge is 0.481 e. The Kier molecular flexibility index (Phi) is 2.71. The van der Waals surface area contributed by atoms with Gasteiger partial charge in [0.15, 0.2) is 0 Å². The van der Waals surface area contributed by atoms with Crippen LogP contribution in [0.5, 0.6) is 0 Å². The van der Waals surface area contributed by atoms with Gasteiger partial charge in [-0.3, -0.25) is 4.79 Å². The number of aromatic nitrogens is 1. The molecule has 0 bridgehead atoms. The Morgan fingerprint density at radius 2 is 2.21 bits per heavy atom. The first kappa shape index (κ1) is 12.0. The zero-order valence-electron chi connectivity index (χ0n) is 10.7. The highest BCUT2D eigenvalue weighted by Crippen LogP contribution is 2.31. The molecule has 1 aliphatic heterocycles. The van der Waals surface area contributed by atoms with E-state index in [-0.39, 0.29) is 13.2 Å². The molecule has 1 aliphatic rings. The van der Waals surface area contributed by atoms with Gasteiger partial charge in [0.25, 0.3) is 0 Å². The zero-order chi connectivity index (χ0) is 13.5. The average Bonchev–Trinajstić information content (AvgIpc) is 2.64. The summed E-state index contributed by atoms with van der Waals surface area (Å²) in [5.74, 6) is -0.802. The fourth-order valence-electron chi connectivity index (χ4n) is 2.41. The first-order chi connectivity index (χ1) is 9.12. The Morgan fingerprint density at radius 3 is 2.84 bits per heavy atom. The first-order valence-electron chi connectivity index (χ1n) is 6.25. The highest BCUT2D eigenvalue weighted by atomic mass is 16.5. The van der Waals surface area contributed by atoms with Crippen LogP contribution in [0.3, 0.4) is 0 Å². The van der Waals surface area contributed by atoms with Gasteiger partial charge in [0, 0.05) is 23.1 Å². The topological polar surface area (TPSA) is 74.4 Å². The number of benzene rings is 1. The van der Waals surface area contributed by atoms with Gasteiger partial charge in [0.2, 0.25) is 0 Å². The number of aryl methyl sites for hydroxylation is 1. The van der Waals surface area contributed by atoms with E-state index in [2.05, 4.69) is 10.3 Å². The summed E-state index contributed by atoms with van der Waals surface area (Å²) < 4.78 is 5.06. The molecule has 0 radical (unpaired) electrons. The highest BCUT2D eigenvalue weighted by molar-refractivity contribution is 5.94. The van der Waals surface area contributed by atoms with Crippen molar-refractivity contribution >= 4 is 22.6 Å². The van der Waals surface area contributed by atoms with Crippen molar-refractivity contribution in [1.82, 2.24) is 4.98 Å². The molecule has 3 N–H and O–H groups in total. The number of carbonyl (C=O) groups is 1. The molecule has 5 heteroatoms. The summed E-state index contributed by atoms with van der Waals surface area (Å²) in [4.78, 5) is 14.6. The minimum atomic E-state index is -0.802. The number of ether oxygens (including phenoxy) is 1. The van der Waals surface area contributed by atoms with E-state index >= 15 is 0 Å². The summed E-state index contributed by atoms with van der Waals surface area (Å²) in [5.41, 5.74) is 2.26. The zero-order valence-corrected chi connectivity index (χ0v) is 10.7. The average molecular weight is 260 g/mol. The summed E-state index contributed by atoms with van der Waals surface area (Å²) in [7, 11) is 0. The number of aromatic amines is 1. The molecule has 0 unspecified atom stereocenters. The Morgan fingerprint density at radius 1 is 1.47 bits per heavy atom. The number of aliphatic carboxylic acids is 1. The molecule has 0 aliphatic carbocycles. The number of rotatable bonds is 4. The Bertz CT molecular complexity index is 629. The molecule has 1 aromatic carbocycles. The molecule has 2 heterocycles. The van der Waals surface area contributed by atoms with Gasteiger partial charge in [-0.2, -0.15) is 0 Å². The van der Waals surface area contributed by atoms with Gasteiger partial charge in [0.05, 0.1) is 18.9 Å². The van der Waals surface area contributed by atoms with E-state index in [9.17, 15) is 9.90 Å². The lowest BCUT2D eigenvalue weighted by Gasteiger charge is -2.37. The van der Waals surface area contributed by atoms with Gasteiger partial charge >= 0.3 is 5.97 Å². The molecule has 100 valence electrons. The molecule has 0 amide bonds. The van der Waals surface area contributed by atoms with E-state index in [1.807, 2.05) is 31.2 Å². The molecule has 0 saturated carbocycles. The second kappa shape index (κ2) is 4.28. The van der Waals surface area contributed by atoms with Crippen LogP contribution < -0.4 is 5.32 Å². The smallest absolute Gasteiger partial charge is 0.316 e. The van der Waals surface area contributed by atoms with Gasteiger partial charge in [-0.25, -0.2) is 0 Å². The number of carboxylic acids is 1. The second-order valence-corrected chi connectivity index (χ2v) is 5.10. The number of carboxylic acid groups (broad SMARTS) is 1. The molecule has 2 aromatic rings. The van der Waals surface area contributed by atoms with Crippen LogP contribution >= 0.6 is 0 Å². The highest BCUT2D eigenvalue weighted by Gasteiger charge is 2.46. The maximum absolute atomic E-state index is 11.3. The SMILES string of the molecule is Cc1[nH]c2ccccc2c1NCC1(C(=O)O)COC1. The van der Waals surface area contributed by atoms with Crippen LogP contribution in [0.2, 0.25) is 0 Å². The standard InChI is InChI=1S/C14H16N2O3/c1-9-12(10-4-2-3-5-11(10)16-9)15-6-14(13(17)18)7-19-8-14/h2-5,15-16H,6-8H2,1H3,(H,17,18). The van der Waals surface area contributed by atoms with Crippen LogP contribution in [0, 0.1) is 12.3 Å². The van der Waals surface area contributed by atoms with E-state index in [4.69, 9.17) is 4.74 Å². The summed E-state index contributed by atoms with van der Waals surface area (Å²) in [6.45, 7) is 2.91. The summed E-state index contributed by atoms with van der Waals surface area (Å²) in [5, 5.41) is 13.6. The Labute approximate surface area is 110 Å². The number of para-hydroxylation sites is 1. The van der Waals surface area contributed by atoms with Crippen LogP contribution in [-0.4, -0.2) is 35.8 Å². The summed E-state index contributed by atoms with van der Waals surface area (Å²) in [6, 6.07) is 7.97. The fraction of sp³-hybridized carbons (Fsp3) is 0.357. The molecule has 5 nitrogen and oxygen atoms in total. The lowest BCUT2D eigenvalue weighted by molar-refractivity contribution is -0.176. The van der Waals surface area contributed by atoms with E-state index in [1.54, 1.807) is 0 Å². The maximum atomic E-state index is 11.3. The van der Waals surface area contributed by atoms with Gasteiger partial charge in [0.1, 0.15) is 5.41 Å². The van der Waals surface area contributed by atoms with E-state index in [1.165, 1.54) is 0 Å². The molecule has 3 rings (SSSR count). The second-order valence-electron chi connectivity index (χ2n) is 5.10. The van der Waals surface area contributed by atoms with Crippen molar-refractivity contribution in [1.29, 1.82) is 0 Å². The van der Waals surface area contributed by atoms with Crippen molar-refractivity contribution in [2.75, 3.05) is 25.1 Å². The number of fused-ring (bicyclic) bond motifs is 1. The lowest BCUT2D eigenvalue weighted by Crippen LogP contribution is -2.53. The molecule has 0 spiro atoms. The first-order valence-corrected chi connectivity index (χ1v) is 6.25. The molecule has 19 heavy (non-hydrogen) atoms. The lowest BCUT2D eigenvalue weighted by atomic mass is 9.86. The summed E-state index contributed by atoms with van der Waals surface area (Å²) in [6.07, 6.45) is 0. The minimum Gasteiger partial charge on any atom is -0.481 e. The van der Waals surface area contributed by atoms with E-state index in [0.717, 1.165) is 22.3 Å². The van der Waals surface area contributed by atoms with Crippen LogP contribution in [0.1, 0.15) is 5.69 Å². The molecule has 1 fully saturated rings. The third-order valence-corrected chi connectivity index (χ3v) is 3.71. The minimum absolute atomic E-state index is 0.275. The third-order valence-electron chi connectivity index (χ3n) is 3.71. The van der Waals surface area contributed by atoms with Crippen molar-refractivity contribution in [3.8, 4) is 0 Å². The maximum Gasteiger partial charge on any atom is 0.316 e. The van der Waals surface area contributed by atoms with Gasteiger partial charge in [-0.05, 0) is 13.0 Å². The van der Waals surface area contributed by atoms with Crippen LogP contribution in [0.4, 0.5) is 5.69 Å². The van der Waals surface area contributed by atoms with Crippen molar-refractivity contribution in [2.24, 2.45) is 5.41 Å². The van der Waals surface area contributed by atoms with Crippen LogP contribution in [-0.2, 0) is 9.53 Å². The molecular weight excluding hydrogens is 244 g/mol. The molecule has 1 aromatic heterocycles. The van der Waals surface area contributed by atoms with Crippen molar-refractivity contribution < 1.29 is 14.6 Å². The predicted molar refractivity (Wildman–Crippen MR) is 72.4 cm³/mol. The normalized spacial score (nSPS) is 17.1. The fourth-order valence-corrected chi connectivity index (χ4v) is 2.41. The van der Waals surface area contributed by atoms with Crippen molar-refractivity contribution in [2.45, 2.75) is 6.92 Å². The number of hydrogen-bond acceptors (Lipinski definition) is 3. The number of hydrogen-bond donors (Lipinski definition) is 3. The van der Waals surface area contributed by atoms with Crippen molar-refractivity contribution in [3.63, 3.8) is 0 Å². The van der Waals surface area contributed by atoms with Gasteiger partial charge < -0.3 is 20.1 Å². The van der Waals surface area contributed by atoms with Crippen LogP contribution in [0.15, 0.2) is 24.3 Å². The van der Waals surface area contributed by atoms with Crippen LogP contribution in [0.25, 0.3) is 10.9 Å². The quantitative estimate of drug-likeness (QED) is 0.786. The van der Waals surface area contributed by atoms with Gasteiger partial charge in [-0.1, -0.05) is 18.2 Å². The summed E-state index contributed by atoms with van der Waals surface area (Å²) >= 11 is 0. The Hall–Kier alpha value is -2.01.